The fraction of sp³-hybridized carbons (Fsp3) is 0.296. The van der Waals surface area contributed by atoms with Crippen molar-refractivity contribution in [3.63, 3.8) is 0 Å². The number of rotatable bonds is 7. The molecule has 1 aliphatic rings. The second-order valence-corrected chi connectivity index (χ2v) is 8.54. The van der Waals surface area contributed by atoms with Crippen LogP contribution in [0.15, 0.2) is 65.5 Å². The third-order valence-corrected chi connectivity index (χ3v) is 5.62. The molecule has 0 aliphatic carbocycles. The maximum Gasteiger partial charge on any atom is 0.309 e. The first-order chi connectivity index (χ1) is 15.9. The molecule has 1 N–H and O–H groups in total. The van der Waals surface area contributed by atoms with E-state index < -0.39 is 18.2 Å². The molecule has 2 atom stereocenters. The van der Waals surface area contributed by atoms with Gasteiger partial charge in [-0.3, -0.25) is 4.79 Å². The van der Waals surface area contributed by atoms with E-state index in [1.807, 2.05) is 24.3 Å². The number of halogens is 1. The van der Waals surface area contributed by atoms with E-state index >= 15 is 0 Å². The van der Waals surface area contributed by atoms with Gasteiger partial charge in [-0.05, 0) is 64.6 Å². The number of aliphatic hydroxyl groups is 1. The van der Waals surface area contributed by atoms with Gasteiger partial charge in [-0.15, -0.1) is 0 Å². The van der Waals surface area contributed by atoms with Crippen molar-refractivity contribution in [3.05, 3.63) is 83.6 Å². The van der Waals surface area contributed by atoms with Gasteiger partial charge >= 0.3 is 5.97 Å². The summed E-state index contributed by atoms with van der Waals surface area (Å²) in [5.74, 6) is 0.140. The first-order valence-electron chi connectivity index (χ1n) is 11.0. The van der Waals surface area contributed by atoms with Gasteiger partial charge in [0.2, 0.25) is 0 Å². The first-order valence-corrected chi connectivity index (χ1v) is 11.0. The Hall–Kier alpha value is -3.38. The Labute approximate surface area is 192 Å². The number of aliphatic hydroxyl groups excluding tert-OH is 1. The van der Waals surface area contributed by atoms with Gasteiger partial charge in [0, 0.05) is 12.0 Å². The Morgan fingerprint density at radius 2 is 2.00 bits per heavy atom. The van der Waals surface area contributed by atoms with E-state index in [0.29, 0.717) is 18.8 Å². The molecule has 33 heavy (non-hydrogen) atoms. The van der Waals surface area contributed by atoms with Crippen molar-refractivity contribution < 1.29 is 28.2 Å². The largest absolute Gasteiger partial charge is 0.489 e. The van der Waals surface area contributed by atoms with Crippen molar-refractivity contribution in [2.24, 2.45) is 0 Å². The molecule has 2 aromatic carbocycles. The molecule has 2 heterocycles. The molecule has 1 aromatic heterocycles. The molecule has 5 nitrogen and oxygen atoms in total. The van der Waals surface area contributed by atoms with E-state index in [2.05, 4.69) is 13.8 Å². The normalized spacial score (nSPS) is 18.6. The fourth-order valence-electron chi connectivity index (χ4n) is 3.94. The molecule has 3 aromatic rings. The van der Waals surface area contributed by atoms with Crippen LogP contribution in [0.3, 0.4) is 0 Å². The SMILES string of the molecule is CC(C)c1cc(OCc2ccoc2)cc(-c2ccc(F)cc2)c1C=CC1CC(O)CC(=O)O1. The molecule has 2 unspecified atom stereocenters. The summed E-state index contributed by atoms with van der Waals surface area (Å²) in [7, 11) is 0. The molecule has 6 heteroatoms. The van der Waals surface area contributed by atoms with E-state index in [-0.39, 0.29) is 18.2 Å². The lowest BCUT2D eigenvalue weighted by molar-refractivity contribution is -0.156. The van der Waals surface area contributed by atoms with Crippen molar-refractivity contribution in [1.82, 2.24) is 0 Å². The molecule has 0 spiro atoms. The van der Waals surface area contributed by atoms with Gasteiger partial charge in [-0.25, -0.2) is 4.39 Å². The molecular formula is C27H27FO5. The summed E-state index contributed by atoms with van der Waals surface area (Å²) in [5, 5.41) is 9.93. The summed E-state index contributed by atoms with van der Waals surface area (Å²) in [4.78, 5) is 11.7. The number of furan rings is 1. The maximum absolute atomic E-state index is 13.6. The van der Waals surface area contributed by atoms with Crippen LogP contribution in [-0.4, -0.2) is 23.3 Å². The van der Waals surface area contributed by atoms with Crippen LogP contribution in [0.5, 0.6) is 5.75 Å². The standard InChI is InChI=1S/C27H27FO5/c1-17(2)25-13-23(32-16-18-9-10-31-15-18)14-26(19-3-5-20(28)6-4-19)24(25)8-7-22-11-21(29)12-27(30)33-22/h3-10,13-15,17,21-22,29H,11-12,16H2,1-2H3. The highest BCUT2D eigenvalue weighted by Gasteiger charge is 2.25. The van der Waals surface area contributed by atoms with E-state index in [0.717, 1.165) is 27.8 Å². The van der Waals surface area contributed by atoms with Gasteiger partial charge in [-0.2, -0.15) is 0 Å². The van der Waals surface area contributed by atoms with Crippen molar-refractivity contribution >= 4 is 12.0 Å². The number of benzene rings is 2. The Balaban J connectivity index is 1.74. The lowest BCUT2D eigenvalue weighted by atomic mass is 9.89. The number of ether oxygens (including phenoxy) is 2. The Morgan fingerprint density at radius 3 is 2.67 bits per heavy atom. The van der Waals surface area contributed by atoms with E-state index in [1.165, 1.54) is 12.1 Å². The molecule has 1 fully saturated rings. The van der Waals surface area contributed by atoms with Crippen molar-refractivity contribution in [2.45, 2.75) is 51.4 Å². The first kappa shape index (κ1) is 22.8. The van der Waals surface area contributed by atoms with Gasteiger partial charge in [0.15, 0.2) is 0 Å². The highest BCUT2D eigenvalue weighted by molar-refractivity contribution is 5.79. The second kappa shape index (κ2) is 10.0. The summed E-state index contributed by atoms with van der Waals surface area (Å²) >= 11 is 0. The molecular weight excluding hydrogens is 423 g/mol. The summed E-state index contributed by atoms with van der Waals surface area (Å²) < 4.78 is 30.1. The van der Waals surface area contributed by atoms with Crippen LogP contribution in [-0.2, 0) is 16.1 Å². The number of carbonyl (C=O) groups excluding carboxylic acids is 1. The third-order valence-electron chi connectivity index (χ3n) is 5.62. The van der Waals surface area contributed by atoms with Gasteiger partial charge in [0.1, 0.15) is 24.3 Å². The molecule has 0 saturated carbocycles. The Morgan fingerprint density at radius 1 is 1.21 bits per heavy atom. The summed E-state index contributed by atoms with van der Waals surface area (Å²) in [6, 6.07) is 12.1. The predicted molar refractivity (Wildman–Crippen MR) is 123 cm³/mol. The monoisotopic (exact) mass is 450 g/mol. The van der Waals surface area contributed by atoms with Crippen LogP contribution < -0.4 is 4.74 Å². The zero-order valence-electron chi connectivity index (χ0n) is 18.7. The van der Waals surface area contributed by atoms with Crippen LogP contribution in [0.1, 0.15) is 49.3 Å². The molecule has 1 aliphatic heterocycles. The quantitative estimate of drug-likeness (QED) is 0.456. The number of hydrogen-bond acceptors (Lipinski definition) is 5. The smallest absolute Gasteiger partial charge is 0.309 e. The lowest BCUT2D eigenvalue weighted by Crippen LogP contribution is -2.31. The third kappa shape index (κ3) is 5.71. The average molecular weight is 451 g/mol. The topological polar surface area (TPSA) is 68.9 Å². The zero-order chi connectivity index (χ0) is 23.4. The molecule has 0 amide bonds. The number of cyclic esters (lactones) is 1. The van der Waals surface area contributed by atoms with Gasteiger partial charge < -0.3 is 19.0 Å². The van der Waals surface area contributed by atoms with E-state index in [4.69, 9.17) is 13.9 Å². The van der Waals surface area contributed by atoms with E-state index in [1.54, 1.807) is 30.7 Å². The average Bonchev–Trinajstić information content (AvgIpc) is 3.29. The van der Waals surface area contributed by atoms with Crippen molar-refractivity contribution in [2.75, 3.05) is 0 Å². The van der Waals surface area contributed by atoms with Crippen molar-refractivity contribution in [3.8, 4) is 16.9 Å². The Kier molecular flexibility index (Phi) is 6.94. The van der Waals surface area contributed by atoms with Crippen LogP contribution in [0.2, 0.25) is 0 Å². The second-order valence-electron chi connectivity index (χ2n) is 8.54. The maximum atomic E-state index is 13.6. The van der Waals surface area contributed by atoms with Crippen LogP contribution in [0, 0.1) is 5.82 Å². The molecule has 172 valence electrons. The van der Waals surface area contributed by atoms with Crippen molar-refractivity contribution in [1.29, 1.82) is 0 Å². The molecule has 4 rings (SSSR count). The highest BCUT2D eigenvalue weighted by atomic mass is 19.1. The predicted octanol–water partition coefficient (Wildman–Crippen LogP) is 5.87. The highest BCUT2D eigenvalue weighted by Crippen LogP contribution is 2.36. The fourth-order valence-corrected chi connectivity index (χ4v) is 3.94. The summed E-state index contributed by atoms with van der Waals surface area (Å²) in [5.41, 5.74) is 4.61. The van der Waals surface area contributed by atoms with Gasteiger partial charge in [0.25, 0.3) is 0 Å². The number of hydrogen-bond donors (Lipinski definition) is 1. The van der Waals surface area contributed by atoms with Crippen LogP contribution >= 0.6 is 0 Å². The number of carbonyl (C=O) groups is 1. The molecule has 1 saturated heterocycles. The minimum atomic E-state index is -0.708. The lowest BCUT2D eigenvalue weighted by Gasteiger charge is -2.24. The zero-order valence-corrected chi connectivity index (χ0v) is 18.7. The van der Waals surface area contributed by atoms with E-state index in [9.17, 15) is 14.3 Å². The summed E-state index contributed by atoms with van der Waals surface area (Å²) in [6.07, 6.45) is 6.14. The minimum Gasteiger partial charge on any atom is -0.489 e. The van der Waals surface area contributed by atoms with Gasteiger partial charge in [0.05, 0.1) is 25.1 Å². The van der Waals surface area contributed by atoms with Gasteiger partial charge in [-0.1, -0.05) is 32.1 Å². The molecule has 0 radical (unpaired) electrons. The molecule has 0 bridgehead atoms. The number of esters is 1. The minimum absolute atomic E-state index is 0.0190. The van der Waals surface area contributed by atoms with Crippen LogP contribution in [0.25, 0.3) is 17.2 Å². The van der Waals surface area contributed by atoms with Crippen LogP contribution in [0.4, 0.5) is 4.39 Å². The summed E-state index contributed by atoms with van der Waals surface area (Å²) in [6.45, 7) is 4.54. The Bertz CT molecular complexity index is 1120.